The zero-order valence-corrected chi connectivity index (χ0v) is 17.9. The fourth-order valence-electron chi connectivity index (χ4n) is 2.61. The number of anilines is 2. The molecule has 30 heavy (non-hydrogen) atoms. The van der Waals surface area contributed by atoms with Crippen LogP contribution in [0.25, 0.3) is 0 Å². The lowest BCUT2D eigenvalue weighted by molar-refractivity contribution is -0.114. The maximum absolute atomic E-state index is 12.2. The van der Waals surface area contributed by atoms with Crippen molar-refractivity contribution in [3.05, 3.63) is 54.1 Å². The summed E-state index contributed by atoms with van der Waals surface area (Å²) in [6.07, 6.45) is 1.84. The lowest BCUT2D eigenvalue weighted by atomic mass is 10.2. The van der Waals surface area contributed by atoms with E-state index in [0.29, 0.717) is 30.1 Å². The Hall–Kier alpha value is -3.06. The Kier molecular flexibility index (Phi) is 9.67. The summed E-state index contributed by atoms with van der Waals surface area (Å²) in [4.78, 5) is 24.4. The molecule has 7 nitrogen and oxygen atoms in total. The maximum Gasteiger partial charge on any atom is 0.251 e. The van der Waals surface area contributed by atoms with Gasteiger partial charge < -0.3 is 25.4 Å². The lowest BCUT2D eigenvalue weighted by Gasteiger charge is -2.13. The van der Waals surface area contributed by atoms with Gasteiger partial charge in [0.2, 0.25) is 5.91 Å². The summed E-state index contributed by atoms with van der Waals surface area (Å²) in [5.74, 6) is 0.441. The molecule has 0 saturated carbocycles. The monoisotopic (exact) mass is 413 g/mol. The average molecular weight is 414 g/mol. The van der Waals surface area contributed by atoms with E-state index in [-0.39, 0.29) is 24.5 Å². The molecule has 1 atom stereocenters. The van der Waals surface area contributed by atoms with Gasteiger partial charge in [-0.3, -0.25) is 9.59 Å². The van der Waals surface area contributed by atoms with Crippen LogP contribution in [0.2, 0.25) is 0 Å². The van der Waals surface area contributed by atoms with Crippen molar-refractivity contribution in [2.75, 3.05) is 37.4 Å². The fourth-order valence-corrected chi connectivity index (χ4v) is 2.61. The van der Waals surface area contributed by atoms with Crippen LogP contribution in [0.15, 0.2) is 48.5 Å². The van der Waals surface area contributed by atoms with Crippen LogP contribution < -0.4 is 20.7 Å². The van der Waals surface area contributed by atoms with Crippen molar-refractivity contribution in [2.45, 2.75) is 32.8 Å². The minimum atomic E-state index is -0.181. The van der Waals surface area contributed by atoms with Crippen LogP contribution >= 0.6 is 0 Å². The van der Waals surface area contributed by atoms with Gasteiger partial charge in [0, 0.05) is 37.2 Å². The summed E-state index contributed by atoms with van der Waals surface area (Å²) in [5, 5.41) is 8.72. The van der Waals surface area contributed by atoms with E-state index in [1.807, 2.05) is 37.3 Å². The maximum atomic E-state index is 12.2. The molecule has 2 amide bonds. The molecule has 2 aromatic rings. The molecule has 2 aromatic carbocycles. The number of hydrogen-bond acceptors (Lipinski definition) is 5. The lowest BCUT2D eigenvalue weighted by Crippen LogP contribution is -2.25. The quantitative estimate of drug-likeness (QED) is 0.462. The summed E-state index contributed by atoms with van der Waals surface area (Å²) in [6.45, 7) is 5.32. The summed E-state index contributed by atoms with van der Waals surface area (Å²) >= 11 is 0. The highest BCUT2D eigenvalue weighted by molar-refractivity contribution is 5.96. The van der Waals surface area contributed by atoms with Gasteiger partial charge in [0.05, 0.1) is 12.6 Å². The molecule has 3 N–H and O–H groups in total. The van der Waals surface area contributed by atoms with Gasteiger partial charge in [0.15, 0.2) is 0 Å². The highest BCUT2D eigenvalue weighted by atomic mass is 16.5. The molecule has 0 bridgehead atoms. The van der Waals surface area contributed by atoms with Gasteiger partial charge in [-0.2, -0.15) is 0 Å². The Bertz CT molecular complexity index is 808. The van der Waals surface area contributed by atoms with Crippen LogP contribution in [-0.2, 0) is 9.53 Å². The molecule has 1 unspecified atom stereocenters. The fraction of sp³-hybridized carbons (Fsp3) is 0.391. The number of hydrogen-bond donors (Lipinski definition) is 3. The molecule has 0 heterocycles. The Morgan fingerprint density at radius 3 is 2.53 bits per heavy atom. The average Bonchev–Trinajstić information content (AvgIpc) is 2.76. The molecule has 0 aliphatic heterocycles. The highest BCUT2D eigenvalue weighted by Gasteiger charge is 2.07. The van der Waals surface area contributed by atoms with Crippen molar-refractivity contribution >= 4 is 23.2 Å². The Morgan fingerprint density at radius 2 is 1.83 bits per heavy atom. The molecule has 0 aliphatic rings. The number of amides is 2. The molecular weight excluding hydrogens is 382 g/mol. The second kappa shape index (κ2) is 12.5. The van der Waals surface area contributed by atoms with E-state index in [1.165, 1.54) is 0 Å². The third kappa shape index (κ3) is 8.13. The number of methoxy groups -OCH3 is 1. The number of carbonyl (C=O) groups is 2. The van der Waals surface area contributed by atoms with E-state index in [4.69, 9.17) is 9.47 Å². The second-order valence-electron chi connectivity index (χ2n) is 6.95. The van der Waals surface area contributed by atoms with Gasteiger partial charge in [-0.15, -0.1) is 0 Å². The molecule has 7 heteroatoms. The van der Waals surface area contributed by atoms with Gasteiger partial charge >= 0.3 is 0 Å². The smallest absolute Gasteiger partial charge is 0.251 e. The molecule has 0 saturated heterocycles. The third-order valence-electron chi connectivity index (χ3n) is 4.44. The molecule has 162 valence electrons. The number of nitrogens with one attached hydrogen (secondary N) is 3. The summed E-state index contributed by atoms with van der Waals surface area (Å²) in [5.41, 5.74) is 1.93. The third-order valence-corrected chi connectivity index (χ3v) is 4.44. The van der Waals surface area contributed by atoms with Gasteiger partial charge in [0.1, 0.15) is 5.75 Å². The van der Waals surface area contributed by atoms with Crippen LogP contribution in [0.3, 0.4) is 0 Å². The summed E-state index contributed by atoms with van der Waals surface area (Å²) < 4.78 is 10.7. The summed E-state index contributed by atoms with van der Waals surface area (Å²) in [7, 11) is 1.63. The summed E-state index contributed by atoms with van der Waals surface area (Å²) in [6, 6.07) is 14.3. The minimum absolute atomic E-state index is 0.0873. The molecular formula is C23H31N3O4. The zero-order chi connectivity index (χ0) is 21.8. The first-order chi connectivity index (χ1) is 14.5. The Labute approximate surface area is 178 Å². The van der Waals surface area contributed by atoms with Crippen LogP contribution in [0.1, 0.15) is 37.0 Å². The van der Waals surface area contributed by atoms with Crippen molar-refractivity contribution in [1.82, 2.24) is 5.32 Å². The molecule has 0 aromatic heterocycles. The second-order valence-corrected chi connectivity index (χ2v) is 6.95. The number of carbonyl (C=O) groups excluding carboxylic acids is 2. The van der Waals surface area contributed by atoms with E-state index in [0.717, 1.165) is 18.6 Å². The zero-order valence-electron chi connectivity index (χ0n) is 17.9. The van der Waals surface area contributed by atoms with Crippen LogP contribution in [0, 0.1) is 0 Å². The van der Waals surface area contributed by atoms with Gasteiger partial charge in [-0.25, -0.2) is 0 Å². The number of benzene rings is 2. The van der Waals surface area contributed by atoms with E-state index in [2.05, 4.69) is 22.9 Å². The standard InChI is InChI=1S/C23H31N3O4/c1-4-17(2)30-21-11-9-19(10-12-21)26-22(27)16-25-20-8-5-7-18(15-20)23(28)24-13-6-14-29-3/h5,7-12,15,17,25H,4,6,13-14,16H2,1-3H3,(H,24,28)(H,26,27). The number of ether oxygens (including phenoxy) is 2. The molecule has 0 radical (unpaired) electrons. The molecule has 0 aliphatic carbocycles. The first-order valence-corrected chi connectivity index (χ1v) is 10.2. The van der Waals surface area contributed by atoms with Crippen molar-refractivity contribution in [2.24, 2.45) is 0 Å². The van der Waals surface area contributed by atoms with Crippen LogP contribution in [0.4, 0.5) is 11.4 Å². The van der Waals surface area contributed by atoms with E-state index >= 15 is 0 Å². The van der Waals surface area contributed by atoms with Gasteiger partial charge in [-0.1, -0.05) is 13.0 Å². The largest absolute Gasteiger partial charge is 0.491 e. The predicted octanol–water partition coefficient (Wildman–Crippen LogP) is 3.68. The van der Waals surface area contributed by atoms with Crippen molar-refractivity contribution < 1.29 is 19.1 Å². The van der Waals surface area contributed by atoms with Crippen LogP contribution in [-0.4, -0.2) is 44.7 Å². The van der Waals surface area contributed by atoms with E-state index in [1.54, 1.807) is 25.3 Å². The Morgan fingerprint density at radius 1 is 1.07 bits per heavy atom. The normalized spacial score (nSPS) is 11.4. The first kappa shape index (κ1) is 23.2. The highest BCUT2D eigenvalue weighted by Crippen LogP contribution is 2.18. The topological polar surface area (TPSA) is 88.7 Å². The van der Waals surface area contributed by atoms with Crippen LogP contribution in [0.5, 0.6) is 5.75 Å². The van der Waals surface area contributed by atoms with Crippen molar-refractivity contribution in [3.8, 4) is 5.75 Å². The molecule has 0 fully saturated rings. The SMILES string of the molecule is CCC(C)Oc1ccc(NC(=O)CNc2cccc(C(=O)NCCCOC)c2)cc1. The molecule has 0 spiro atoms. The van der Waals surface area contributed by atoms with Gasteiger partial charge in [0.25, 0.3) is 5.91 Å². The Balaban J connectivity index is 1.81. The van der Waals surface area contributed by atoms with E-state index in [9.17, 15) is 9.59 Å². The molecule has 2 rings (SSSR count). The number of rotatable bonds is 12. The van der Waals surface area contributed by atoms with Crippen molar-refractivity contribution in [1.29, 1.82) is 0 Å². The van der Waals surface area contributed by atoms with Gasteiger partial charge in [-0.05, 0) is 62.2 Å². The van der Waals surface area contributed by atoms with E-state index < -0.39 is 0 Å². The first-order valence-electron chi connectivity index (χ1n) is 10.2. The van der Waals surface area contributed by atoms with Crippen molar-refractivity contribution in [3.63, 3.8) is 0 Å². The minimum Gasteiger partial charge on any atom is -0.491 e. The predicted molar refractivity (Wildman–Crippen MR) is 119 cm³/mol.